The molecule has 1 heterocycles. The summed E-state index contributed by atoms with van der Waals surface area (Å²) in [5, 5.41) is 0. The molecular weight excluding hydrogens is 182 g/mol. The second-order valence-corrected chi connectivity index (χ2v) is 3.32. The molecule has 2 amide bonds. The molecule has 0 aliphatic carbocycles. The molecule has 0 bridgehead atoms. The Labute approximate surface area is 82.7 Å². The van der Waals surface area contributed by atoms with E-state index in [1.54, 1.807) is 11.1 Å². The first-order valence-electron chi connectivity index (χ1n) is 4.62. The summed E-state index contributed by atoms with van der Waals surface area (Å²) in [4.78, 5) is 23.6. The number of nitrogens with two attached hydrogens (primary N) is 2. The van der Waals surface area contributed by atoms with Gasteiger partial charge in [-0.1, -0.05) is 6.08 Å². The number of primary amides is 1. The molecule has 1 aliphatic heterocycles. The molecule has 4 N–H and O–H groups in total. The Bertz CT molecular complexity index is 263. The SMILES string of the molecule is NC(=O)CC[C@H](N)C(=O)N1C=CCC1. The lowest BCUT2D eigenvalue weighted by molar-refractivity contribution is -0.129. The van der Waals surface area contributed by atoms with Crippen LogP contribution in [0.4, 0.5) is 0 Å². The van der Waals surface area contributed by atoms with E-state index in [4.69, 9.17) is 11.5 Å². The van der Waals surface area contributed by atoms with E-state index in [1.165, 1.54) is 0 Å². The van der Waals surface area contributed by atoms with E-state index in [9.17, 15) is 9.59 Å². The minimum atomic E-state index is -0.620. The van der Waals surface area contributed by atoms with Crippen LogP contribution in [0.1, 0.15) is 19.3 Å². The van der Waals surface area contributed by atoms with Crippen molar-refractivity contribution in [3.05, 3.63) is 12.3 Å². The van der Waals surface area contributed by atoms with Crippen LogP contribution >= 0.6 is 0 Å². The van der Waals surface area contributed by atoms with Gasteiger partial charge in [-0.05, 0) is 12.8 Å². The molecule has 0 aromatic carbocycles. The normalized spacial score (nSPS) is 17.1. The van der Waals surface area contributed by atoms with Crippen LogP contribution < -0.4 is 11.5 Å². The first-order chi connectivity index (χ1) is 6.61. The Morgan fingerprint density at radius 1 is 1.50 bits per heavy atom. The number of nitrogens with zero attached hydrogens (tertiary/aromatic N) is 1. The number of carbonyl (C=O) groups excluding carboxylic acids is 2. The van der Waals surface area contributed by atoms with Crippen molar-refractivity contribution in [2.45, 2.75) is 25.3 Å². The van der Waals surface area contributed by atoms with Gasteiger partial charge in [0.2, 0.25) is 11.8 Å². The number of rotatable bonds is 4. The molecule has 0 fully saturated rings. The number of hydrogen-bond acceptors (Lipinski definition) is 3. The van der Waals surface area contributed by atoms with Gasteiger partial charge in [-0.25, -0.2) is 0 Å². The van der Waals surface area contributed by atoms with Gasteiger partial charge in [0.1, 0.15) is 0 Å². The zero-order valence-corrected chi connectivity index (χ0v) is 7.98. The minimum absolute atomic E-state index is 0.139. The van der Waals surface area contributed by atoms with Gasteiger partial charge in [0.15, 0.2) is 0 Å². The highest BCUT2D eigenvalue weighted by Gasteiger charge is 2.20. The zero-order chi connectivity index (χ0) is 10.6. The second-order valence-electron chi connectivity index (χ2n) is 3.32. The van der Waals surface area contributed by atoms with Crippen LogP contribution in [-0.2, 0) is 9.59 Å². The molecule has 0 unspecified atom stereocenters. The predicted molar refractivity (Wildman–Crippen MR) is 51.9 cm³/mol. The molecule has 1 aliphatic rings. The van der Waals surface area contributed by atoms with Crippen LogP contribution in [0, 0.1) is 0 Å². The fraction of sp³-hybridized carbons (Fsp3) is 0.556. The molecule has 14 heavy (non-hydrogen) atoms. The molecule has 0 spiro atoms. The van der Waals surface area contributed by atoms with Crippen LogP contribution in [0.5, 0.6) is 0 Å². The first-order valence-corrected chi connectivity index (χ1v) is 4.62. The molecule has 78 valence electrons. The third-order valence-electron chi connectivity index (χ3n) is 2.12. The van der Waals surface area contributed by atoms with Gasteiger partial charge >= 0.3 is 0 Å². The maximum Gasteiger partial charge on any atom is 0.243 e. The van der Waals surface area contributed by atoms with E-state index < -0.39 is 11.9 Å². The third kappa shape index (κ3) is 2.85. The van der Waals surface area contributed by atoms with Crippen molar-refractivity contribution in [3.8, 4) is 0 Å². The van der Waals surface area contributed by atoms with Crippen molar-refractivity contribution < 1.29 is 9.59 Å². The number of amides is 2. The van der Waals surface area contributed by atoms with E-state index in [0.717, 1.165) is 6.42 Å². The quantitative estimate of drug-likeness (QED) is 0.626. The summed E-state index contributed by atoms with van der Waals surface area (Å²) in [6, 6.07) is -0.620. The highest BCUT2D eigenvalue weighted by atomic mass is 16.2. The minimum Gasteiger partial charge on any atom is -0.370 e. The summed E-state index contributed by atoms with van der Waals surface area (Å²) >= 11 is 0. The summed E-state index contributed by atoms with van der Waals surface area (Å²) in [6.45, 7) is 0.684. The molecule has 1 rings (SSSR count). The Balaban J connectivity index is 2.35. The Hall–Kier alpha value is -1.36. The van der Waals surface area contributed by atoms with Crippen LogP contribution in [0.3, 0.4) is 0 Å². The predicted octanol–water partition coefficient (Wildman–Crippen LogP) is -0.675. The van der Waals surface area contributed by atoms with Crippen molar-refractivity contribution in [1.82, 2.24) is 4.90 Å². The molecule has 5 nitrogen and oxygen atoms in total. The maximum atomic E-state index is 11.6. The topological polar surface area (TPSA) is 89.4 Å². The van der Waals surface area contributed by atoms with Crippen LogP contribution in [0.25, 0.3) is 0 Å². The van der Waals surface area contributed by atoms with Crippen molar-refractivity contribution in [2.24, 2.45) is 11.5 Å². The van der Waals surface area contributed by atoms with Crippen molar-refractivity contribution in [3.63, 3.8) is 0 Å². The monoisotopic (exact) mass is 197 g/mol. The summed E-state index contributed by atoms with van der Waals surface area (Å²) in [5.41, 5.74) is 10.6. The van der Waals surface area contributed by atoms with E-state index >= 15 is 0 Å². The largest absolute Gasteiger partial charge is 0.370 e. The highest BCUT2D eigenvalue weighted by Crippen LogP contribution is 2.07. The number of carbonyl (C=O) groups is 2. The van der Waals surface area contributed by atoms with Crippen molar-refractivity contribution >= 4 is 11.8 Å². The van der Waals surface area contributed by atoms with Gasteiger partial charge in [0, 0.05) is 19.2 Å². The molecule has 0 saturated heterocycles. The lowest BCUT2D eigenvalue weighted by Crippen LogP contribution is -2.40. The Morgan fingerprint density at radius 2 is 2.21 bits per heavy atom. The average Bonchev–Trinajstić information content (AvgIpc) is 2.65. The van der Waals surface area contributed by atoms with E-state index in [-0.39, 0.29) is 12.3 Å². The van der Waals surface area contributed by atoms with E-state index in [0.29, 0.717) is 13.0 Å². The molecule has 1 atom stereocenters. The lowest BCUT2D eigenvalue weighted by Gasteiger charge is -2.17. The Morgan fingerprint density at radius 3 is 2.71 bits per heavy atom. The molecule has 0 saturated carbocycles. The van der Waals surface area contributed by atoms with Gasteiger partial charge in [0.05, 0.1) is 6.04 Å². The summed E-state index contributed by atoms with van der Waals surface area (Å²) < 4.78 is 0. The summed E-state index contributed by atoms with van der Waals surface area (Å²) in [7, 11) is 0. The second kappa shape index (κ2) is 4.76. The maximum absolute atomic E-state index is 11.6. The van der Waals surface area contributed by atoms with E-state index in [2.05, 4.69) is 0 Å². The summed E-state index contributed by atoms with van der Waals surface area (Å²) in [5.74, 6) is -0.565. The lowest BCUT2D eigenvalue weighted by atomic mass is 10.1. The molecule has 0 aromatic rings. The van der Waals surface area contributed by atoms with Crippen molar-refractivity contribution in [2.75, 3.05) is 6.54 Å². The smallest absolute Gasteiger partial charge is 0.243 e. The molecule has 0 aromatic heterocycles. The molecular formula is C9H15N3O2. The van der Waals surface area contributed by atoms with E-state index in [1.807, 2.05) is 6.08 Å². The first kappa shape index (κ1) is 10.7. The van der Waals surface area contributed by atoms with Gasteiger partial charge in [-0.3, -0.25) is 9.59 Å². The molecule has 5 heteroatoms. The molecule has 0 radical (unpaired) electrons. The van der Waals surface area contributed by atoms with Gasteiger partial charge < -0.3 is 16.4 Å². The van der Waals surface area contributed by atoms with Crippen LogP contribution in [0.2, 0.25) is 0 Å². The van der Waals surface area contributed by atoms with Gasteiger partial charge in [-0.2, -0.15) is 0 Å². The van der Waals surface area contributed by atoms with Gasteiger partial charge in [-0.15, -0.1) is 0 Å². The zero-order valence-electron chi connectivity index (χ0n) is 7.98. The Kier molecular flexibility index (Phi) is 3.64. The van der Waals surface area contributed by atoms with Crippen molar-refractivity contribution in [1.29, 1.82) is 0 Å². The fourth-order valence-electron chi connectivity index (χ4n) is 1.31. The average molecular weight is 197 g/mol. The van der Waals surface area contributed by atoms with Crippen LogP contribution in [-0.4, -0.2) is 29.3 Å². The standard InChI is InChI=1S/C9H15N3O2/c10-7(3-4-8(11)13)9(14)12-5-1-2-6-12/h1,5,7H,2-4,6,10H2,(H2,11,13)/t7-/m0/s1. The summed E-state index contributed by atoms with van der Waals surface area (Å²) in [6.07, 6.45) is 4.99. The highest BCUT2D eigenvalue weighted by molar-refractivity contribution is 5.83. The third-order valence-corrected chi connectivity index (χ3v) is 2.12. The van der Waals surface area contributed by atoms with Crippen LogP contribution in [0.15, 0.2) is 12.3 Å². The van der Waals surface area contributed by atoms with Gasteiger partial charge in [0.25, 0.3) is 0 Å². The number of hydrogen-bond donors (Lipinski definition) is 2. The fourth-order valence-corrected chi connectivity index (χ4v) is 1.31.